The van der Waals surface area contributed by atoms with Crippen LogP contribution in [-0.2, 0) is 4.79 Å². The number of fused-ring (bicyclic) bond motifs is 1. The number of Topliss-reactive ketones (excluding diaryl/α,β-unsaturated/α-hetero) is 1. The molecule has 1 aliphatic carbocycles. The van der Waals surface area contributed by atoms with Crippen LogP contribution in [0.25, 0.3) is 11.5 Å². The molecular weight excluding hydrogens is 392 g/mol. The van der Waals surface area contributed by atoms with Crippen LogP contribution in [0.5, 0.6) is 11.5 Å². The van der Waals surface area contributed by atoms with Gasteiger partial charge in [0.15, 0.2) is 11.5 Å². The van der Waals surface area contributed by atoms with Crippen molar-refractivity contribution in [3.05, 3.63) is 34.4 Å². The van der Waals surface area contributed by atoms with E-state index in [1.54, 1.807) is 6.92 Å². The first-order valence-electron chi connectivity index (χ1n) is 8.46. The first kappa shape index (κ1) is 18.5. The topological polar surface area (TPSA) is 132 Å². The quantitative estimate of drug-likeness (QED) is 0.783. The lowest BCUT2D eigenvalue weighted by molar-refractivity contribution is -0.116. The molecule has 1 aliphatic heterocycles. The molecule has 146 valence electrons. The molecule has 1 aromatic heterocycles. The highest BCUT2D eigenvalue weighted by molar-refractivity contribution is 6.36. The van der Waals surface area contributed by atoms with Crippen molar-refractivity contribution in [3.8, 4) is 23.0 Å². The number of ether oxygens (including phenoxy) is 2. The molecule has 1 aromatic carbocycles. The van der Waals surface area contributed by atoms with Crippen molar-refractivity contribution in [2.75, 3.05) is 13.2 Å². The molecule has 1 atom stereocenters. The summed E-state index contributed by atoms with van der Waals surface area (Å²) in [6, 6.07) is 1.44. The molecule has 28 heavy (non-hydrogen) atoms. The van der Waals surface area contributed by atoms with Crippen LogP contribution in [0.1, 0.15) is 29.1 Å². The predicted octanol–water partition coefficient (Wildman–Crippen LogP) is 2.19. The van der Waals surface area contributed by atoms with E-state index in [0.29, 0.717) is 5.89 Å². The lowest BCUT2D eigenvalue weighted by Crippen LogP contribution is -2.45. The van der Waals surface area contributed by atoms with Crippen LogP contribution in [0.4, 0.5) is 0 Å². The van der Waals surface area contributed by atoms with Gasteiger partial charge in [-0.05, 0) is 6.07 Å². The number of aryl methyl sites for hydroxylation is 1. The molecule has 1 spiro atoms. The third kappa shape index (κ3) is 2.66. The summed E-state index contributed by atoms with van der Waals surface area (Å²) < 4.78 is 16.8. The number of aliphatic hydroxyl groups excluding tert-OH is 2. The van der Waals surface area contributed by atoms with Gasteiger partial charge in [0.25, 0.3) is 0 Å². The summed E-state index contributed by atoms with van der Waals surface area (Å²) in [7, 11) is 0. The maximum atomic E-state index is 13.2. The molecule has 2 N–H and O–H groups in total. The lowest BCUT2D eigenvalue weighted by atomic mass is 9.83. The smallest absolute Gasteiger partial charge is 0.249 e. The van der Waals surface area contributed by atoms with E-state index in [1.807, 2.05) is 0 Å². The standard InChI is InChI=1S/C18H15ClN2O7/c1-8-20-21-17(27-8)10-7-11(26-5-4-22)13-15(14(10)19)28-18(16(13)25)3-2-9(23)6-12(18)24/h6-7,22,24H,2-5H2,1H3/t18-/m0/s1. The molecule has 0 saturated heterocycles. The van der Waals surface area contributed by atoms with Crippen LogP contribution in [-0.4, -0.2) is 50.8 Å². The number of hydrogen-bond donors (Lipinski definition) is 2. The van der Waals surface area contributed by atoms with E-state index >= 15 is 0 Å². The number of halogens is 1. The van der Waals surface area contributed by atoms with Crippen LogP contribution in [0.15, 0.2) is 22.3 Å². The van der Waals surface area contributed by atoms with Crippen molar-refractivity contribution in [2.24, 2.45) is 0 Å². The zero-order chi connectivity index (χ0) is 20.1. The zero-order valence-corrected chi connectivity index (χ0v) is 15.4. The van der Waals surface area contributed by atoms with E-state index in [9.17, 15) is 14.7 Å². The summed E-state index contributed by atoms with van der Waals surface area (Å²) in [6.07, 6.45) is 0.980. The number of nitrogens with zero attached hydrogens (tertiary/aromatic N) is 2. The monoisotopic (exact) mass is 406 g/mol. The number of rotatable bonds is 4. The van der Waals surface area contributed by atoms with E-state index in [2.05, 4.69) is 10.2 Å². The molecular formula is C18H15ClN2O7. The number of aliphatic hydroxyl groups is 2. The second-order valence-electron chi connectivity index (χ2n) is 6.39. The van der Waals surface area contributed by atoms with Crippen LogP contribution in [0, 0.1) is 6.92 Å². The second kappa shape index (κ2) is 6.61. The molecule has 4 rings (SSSR count). The molecule has 0 unspecified atom stereocenters. The Morgan fingerprint density at radius 2 is 2.14 bits per heavy atom. The number of aromatic nitrogens is 2. The van der Waals surface area contributed by atoms with Gasteiger partial charge in [0.2, 0.25) is 23.2 Å². The molecule has 2 aromatic rings. The van der Waals surface area contributed by atoms with Gasteiger partial charge in [0, 0.05) is 25.8 Å². The molecule has 0 saturated carbocycles. The first-order chi connectivity index (χ1) is 13.4. The van der Waals surface area contributed by atoms with Gasteiger partial charge >= 0.3 is 0 Å². The highest BCUT2D eigenvalue weighted by Gasteiger charge is 2.55. The van der Waals surface area contributed by atoms with Crippen LogP contribution < -0.4 is 9.47 Å². The summed E-state index contributed by atoms with van der Waals surface area (Å²) in [5.41, 5.74) is -1.44. The van der Waals surface area contributed by atoms with E-state index in [0.717, 1.165) is 6.08 Å². The second-order valence-corrected chi connectivity index (χ2v) is 6.77. The Hall–Kier alpha value is -2.91. The number of benzene rings is 1. The fourth-order valence-corrected chi connectivity index (χ4v) is 3.54. The minimum absolute atomic E-state index is 0.0118. The number of ketones is 2. The maximum absolute atomic E-state index is 13.2. The van der Waals surface area contributed by atoms with Gasteiger partial charge < -0.3 is 24.1 Å². The third-order valence-electron chi connectivity index (χ3n) is 4.60. The van der Waals surface area contributed by atoms with Gasteiger partial charge in [0.05, 0.1) is 17.2 Å². The molecule has 0 amide bonds. The van der Waals surface area contributed by atoms with Crippen molar-refractivity contribution >= 4 is 23.2 Å². The largest absolute Gasteiger partial charge is 0.507 e. The van der Waals surface area contributed by atoms with E-state index < -0.39 is 17.1 Å². The minimum atomic E-state index is -1.74. The Morgan fingerprint density at radius 1 is 1.36 bits per heavy atom. The number of allylic oxidation sites excluding steroid dienone is 1. The Balaban J connectivity index is 1.90. The lowest BCUT2D eigenvalue weighted by Gasteiger charge is -2.28. The molecule has 0 fully saturated rings. The number of carbonyl (C=O) groups is 2. The fraction of sp³-hybridized carbons (Fsp3) is 0.333. The minimum Gasteiger partial charge on any atom is -0.507 e. The van der Waals surface area contributed by atoms with Crippen molar-refractivity contribution in [1.29, 1.82) is 0 Å². The van der Waals surface area contributed by atoms with Crippen LogP contribution in [0.2, 0.25) is 5.02 Å². The molecule has 2 aliphatic rings. The highest BCUT2D eigenvalue weighted by atomic mass is 35.5. The van der Waals surface area contributed by atoms with Gasteiger partial charge in [0.1, 0.15) is 23.7 Å². The highest BCUT2D eigenvalue weighted by Crippen LogP contribution is 2.52. The normalized spacial score (nSPS) is 20.9. The summed E-state index contributed by atoms with van der Waals surface area (Å²) >= 11 is 6.47. The number of hydrogen-bond acceptors (Lipinski definition) is 9. The van der Waals surface area contributed by atoms with Crippen molar-refractivity contribution in [2.45, 2.75) is 25.4 Å². The van der Waals surface area contributed by atoms with Gasteiger partial charge in [-0.2, -0.15) is 0 Å². The summed E-state index contributed by atoms with van der Waals surface area (Å²) in [4.78, 5) is 24.8. The molecule has 10 heteroatoms. The molecule has 0 radical (unpaired) electrons. The van der Waals surface area contributed by atoms with E-state index in [-0.39, 0.29) is 65.4 Å². The van der Waals surface area contributed by atoms with Crippen molar-refractivity contribution in [1.82, 2.24) is 10.2 Å². The van der Waals surface area contributed by atoms with Gasteiger partial charge in [-0.1, -0.05) is 11.6 Å². The van der Waals surface area contributed by atoms with E-state index in [4.69, 9.17) is 30.6 Å². The van der Waals surface area contributed by atoms with Crippen LogP contribution in [0.3, 0.4) is 0 Å². The molecule has 0 bridgehead atoms. The Morgan fingerprint density at radius 3 is 2.79 bits per heavy atom. The Kier molecular flexibility index (Phi) is 4.35. The van der Waals surface area contributed by atoms with Crippen molar-refractivity contribution < 1.29 is 33.7 Å². The third-order valence-corrected chi connectivity index (χ3v) is 4.97. The SMILES string of the molecule is Cc1nnc(-c2cc(OCCO)c3c(c2Cl)O[C@]2(CCC(=O)C=C2O)C3=O)o1. The fourth-order valence-electron chi connectivity index (χ4n) is 3.28. The van der Waals surface area contributed by atoms with E-state index in [1.165, 1.54) is 6.07 Å². The van der Waals surface area contributed by atoms with Crippen molar-refractivity contribution in [3.63, 3.8) is 0 Å². The van der Waals surface area contributed by atoms with Gasteiger partial charge in [-0.15, -0.1) is 10.2 Å². The average Bonchev–Trinajstić information content (AvgIpc) is 3.21. The summed E-state index contributed by atoms with van der Waals surface area (Å²) in [6.45, 7) is 1.24. The maximum Gasteiger partial charge on any atom is 0.249 e. The summed E-state index contributed by atoms with van der Waals surface area (Å²) in [5, 5.41) is 27.2. The first-order valence-corrected chi connectivity index (χ1v) is 8.83. The van der Waals surface area contributed by atoms with Crippen LogP contribution >= 0.6 is 11.6 Å². The molecule has 2 heterocycles. The zero-order valence-electron chi connectivity index (χ0n) is 14.7. The molecule has 9 nitrogen and oxygen atoms in total. The average molecular weight is 407 g/mol. The predicted molar refractivity (Wildman–Crippen MR) is 94.7 cm³/mol. The number of carbonyl (C=O) groups excluding carboxylic acids is 2. The Bertz CT molecular complexity index is 1030. The van der Waals surface area contributed by atoms with Gasteiger partial charge in [-0.25, -0.2) is 0 Å². The summed E-state index contributed by atoms with van der Waals surface area (Å²) in [5.74, 6) is -0.886. The van der Waals surface area contributed by atoms with Gasteiger partial charge in [-0.3, -0.25) is 9.59 Å². The Labute approximate surface area is 163 Å².